The first-order valence-electron chi connectivity index (χ1n) is 11.7. The highest BCUT2D eigenvalue weighted by molar-refractivity contribution is 5.94. The number of anilines is 1. The molecule has 7 nitrogen and oxygen atoms in total. The normalized spacial score (nSPS) is 11.8. The highest BCUT2D eigenvalue weighted by atomic mass is 19.1. The number of hydrogen-bond acceptors (Lipinski definition) is 3. The molecule has 36 heavy (non-hydrogen) atoms. The van der Waals surface area contributed by atoms with E-state index in [1.54, 1.807) is 6.07 Å². The Labute approximate surface area is 209 Å². The Balaban J connectivity index is 1.44. The number of amides is 3. The molecule has 3 amide bonds. The first-order valence-corrected chi connectivity index (χ1v) is 11.7. The number of rotatable bonds is 8. The van der Waals surface area contributed by atoms with E-state index in [-0.39, 0.29) is 24.1 Å². The number of H-pyrrole nitrogens is 1. The fraction of sp³-hybridized carbons (Fsp3) is 0.214. The Morgan fingerprint density at radius 3 is 2.42 bits per heavy atom. The van der Waals surface area contributed by atoms with Gasteiger partial charge < -0.3 is 25.7 Å². The average Bonchev–Trinajstić information content (AvgIpc) is 3.27. The van der Waals surface area contributed by atoms with Gasteiger partial charge >= 0.3 is 6.03 Å². The van der Waals surface area contributed by atoms with E-state index in [0.717, 1.165) is 27.8 Å². The minimum absolute atomic E-state index is 0.0127. The van der Waals surface area contributed by atoms with Crippen molar-refractivity contribution < 1.29 is 18.7 Å². The van der Waals surface area contributed by atoms with Gasteiger partial charge in [0.2, 0.25) is 5.91 Å². The predicted molar refractivity (Wildman–Crippen MR) is 140 cm³/mol. The third-order valence-corrected chi connectivity index (χ3v) is 5.74. The van der Waals surface area contributed by atoms with E-state index in [1.165, 1.54) is 19.2 Å². The number of hydrogen-bond donors (Lipinski definition) is 4. The van der Waals surface area contributed by atoms with Gasteiger partial charge in [-0.2, -0.15) is 0 Å². The maximum Gasteiger partial charge on any atom is 0.319 e. The zero-order valence-corrected chi connectivity index (χ0v) is 20.4. The van der Waals surface area contributed by atoms with Gasteiger partial charge in [-0.3, -0.25) is 4.79 Å². The lowest BCUT2D eigenvalue weighted by Crippen LogP contribution is -2.48. The molecule has 0 unspecified atom stereocenters. The van der Waals surface area contributed by atoms with E-state index in [1.807, 2.05) is 68.6 Å². The molecule has 4 aromatic rings. The van der Waals surface area contributed by atoms with Crippen LogP contribution in [0, 0.1) is 5.82 Å². The quantitative estimate of drug-likeness (QED) is 0.273. The van der Waals surface area contributed by atoms with Crippen molar-refractivity contribution in [1.82, 2.24) is 15.6 Å². The van der Waals surface area contributed by atoms with E-state index < -0.39 is 17.9 Å². The Hall–Kier alpha value is -4.33. The van der Waals surface area contributed by atoms with Crippen LogP contribution in [0.1, 0.15) is 19.4 Å². The summed E-state index contributed by atoms with van der Waals surface area (Å²) in [4.78, 5) is 28.3. The van der Waals surface area contributed by atoms with E-state index in [9.17, 15) is 14.0 Å². The van der Waals surface area contributed by atoms with Crippen molar-refractivity contribution in [3.8, 4) is 16.9 Å². The van der Waals surface area contributed by atoms with Crippen LogP contribution >= 0.6 is 0 Å². The molecule has 0 saturated carbocycles. The number of aromatic amines is 1. The van der Waals surface area contributed by atoms with Crippen molar-refractivity contribution in [1.29, 1.82) is 0 Å². The molecule has 0 bridgehead atoms. The number of nitrogens with one attached hydrogen (secondary N) is 4. The van der Waals surface area contributed by atoms with Crippen LogP contribution in [0.5, 0.6) is 5.75 Å². The van der Waals surface area contributed by atoms with Gasteiger partial charge in [0.1, 0.15) is 17.6 Å². The summed E-state index contributed by atoms with van der Waals surface area (Å²) in [6.07, 6.45) is 2.16. The van der Waals surface area contributed by atoms with Crippen LogP contribution in [0.4, 0.5) is 14.9 Å². The fourth-order valence-electron chi connectivity index (χ4n) is 4.01. The molecule has 0 saturated heterocycles. The number of benzene rings is 3. The number of carbonyl (C=O) groups is 2. The molecule has 3 aromatic carbocycles. The topological polar surface area (TPSA) is 95.3 Å². The van der Waals surface area contributed by atoms with Gasteiger partial charge in [-0.05, 0) is 60.9 Å². The largest absolute Gasteiger partial charge is 0.491 e. The lowest BCUT2D eigenvalue weighted by Gasteiger charge is -2.18. The summed E-state index contributed by atoms with van der Waals surface area (Å²) >= 11 is 0. The molecule has 1 atom stereocenters. The Morgan fingerprint density at radius 1 is 1.00 bits per heavy atom. The van der Waals surface area contributed by atoms with Crippen LogP contribution in [0.25, 0.3) is 22.0 Å². The molecule has 4 N–H and O–H groups in total. The second-order valence-electron chi connectivity index (χ2n) is 8.71. The van der Waals surface area contributed by atoms with Crippen molar-refractivity contribution in [3.63, 3.8) is 0 Å². The molecule has 186 valence electrons. The minimum Gasteiger partial charge on any atom is -0.491 e. The van der Waals surface area contributed by atoms with Gasteiger partial charge in [0.05, 0.1) is 11.8 Å². The van der Waals surface area contributed by atoms with Crippen LogP contribution in [0.3, 0.4) is 0 Å². The minimum atomic E-state index is -0.844. The monoisotopic (exact) mass is 488 g/mol. The molecule has 0 radical (unpaired) electrons. The number of ether oxygens (including phenoxy) is 1. The third kappa shape index (κ3) is 5.83. The van der Waals surface area contributed by atoms with Crippen LogP contribution in [-0.4, -0.2) is 36.1 Å². The molecule has 0 fully saturated rings. The summed E-state index contributed by atoms with van der Waals surface area (Å²) in [5, 5.41) is 8.71. The Kier molecular flexibility index (Phi) is 7.53. The Bertz CT molecular complexity index is 1360. The van der Waals surface area contributed by atoms with Gasteiger partial charge in [-0.1, -0.05) is 36.4 Å². The highest BCUT2D eigenvalue weighted by Crippen LogP contribution is 2.26. The van der Waals surface area contributed by atoms with Gasteiger partial charge in [0.25, 0.3) is 0 Å². The maximum absolute atomic E-state index is 14.8. The lowest BCUT2D eigenvalue weighted by molar-refractivity contribution is -0.122. The molecular formula is C28H29FN4O3. The molecule has 0 aliphatic rings. The van der Waals surface area contributed by atoms with Crippen molar-refractivity contribution >= 4 is 28.5 Å². The summed E-state index contributed by atoms with van der Waals surface area (Å²) in [6.45, 7) is 3.90. The number of aromatic nitrogens is 1. The molecule has 4 rings (SSSR count). The van der Waals surface area contributed by atoms with Gasteiger partial charge in [0.15, 0.2) is 0 Å². The van der Waals surface area contributed by atoms with Gasteiger partial charge in [0, 0.05) is 30.6 Å². The molecule has 1 aromatic heterocycles. The summed E-state index contributed by atoms with van der Waals surface area (Å²) in [6, 6.07) is 18.1. The summed E-state index contributed by atoms with van der Waals surface area (Å²) in [5.41, 5.74) is 3.33. The fourth-order valence-corrected chi connectivity index (χ4v) is 4.01. The van der Waals surface area contributed by atoms with Crippen LogP contribution in [-0.2, 0) is 11.2 Å². The summed E-state index contributed by atoms with van der Waals surface area (Å²) in [5.74, 6) is -0.197. The molecular weight excluding hydrogens is 459 g/mol. The number of likely N-dealkylation sites (N-methyl/N-ethyl adjacent to an activating group) is 1. The average molecular weight is 489 g/mol. The number of fused-ring (bicyclic) bond motifs is 1. The van der Waals surface area contributed by atoms with Crippen molar-refractivity contribution in [2.45, 2.75) is 32.4 Å². The van der Waals surface area contributed by atoms with Gasteiger partial charge in [-0.25, -0.2) is 9.18 Å². The highest BCUT2D eigenvalue weighted by Gasteiger charge is 2.22. The van der Waals surface area contributed by atoms with E-state index in [0.29, 0.717) is 5.56 Å². The van der Waals surface area contributed by atoms with Crippen molar-refractivity contribution in [2.24, 2.45) is 0 Å². The number of urea groups is 1. The van der Waals surface area contributed by atoms with Crippen molar-refractivity contribution in [3.05, 3.63) is 84.3 Å². The van der Waals surface area contributed by atoms with Crippen molar-refractivity contribution in [2.75, 3.05) is 12.4 Å². The molecule has 0 spiro atoms. The first-order chi connectivity index (χ1) is 17.3. The van der Waals surface area contributed by atoms with Crippen LogP contribution in [0.15, 0.2) is 72.9 Å². The van der Waals surface area contributed by atoms with Gasteiger partial charge in [-0.15, -0.1) is 0 Å². The smallest absolute Gasteiger partial charge is 0.319 e. The predicted octanol–water partition coefficient (Wildman–Crippen LogP) is 5.24. The number of para-hydroxylation sites is 1. The SMILES string of the molecule is CNC(=O)[C@H](Cc1c[nH]c2ccccc12)NC(=O)Nc1ccc(-c2ccc(OC(C)C)cc2)cc1F. The second kappa shape index (κ2) is 10.9. The van der Waals surface area contributed by atoms with Crippen LogP contribution < -0.4 is 20.7 Å². The zero-order chi connectivity index (χ0) is 25.7. The lowest BCUT2D eigenvalue weighted by atomic mass is 10.0. The third-order valence-electron chi connectivity index (χ3n) is 5.74. The molecule has 0 aliphatic heterocycles. The Morgan fingerprint density at radius 2 is 1.72 bits per heavy atom. The maximum atomic E-state index is 14.8. The summed E-state index contributed by atoms with van der Waals surface area (Å²) in [7, 11) is 1.50. The van der Waals surface area contributed by atoms with E-state index in [2.05, 4.69) is 20.9 Å². The molecule has 0 aliphatic carbocycles. The summed E-state index contributed by atoms with van der Waals surface area (Å²) < 4.78 is 20.5. The number of halogens is 1. The van der Waals surface area contributed by atoms with E-state index in [4.69, 9.17) is 4.74 Å². The standard InChI is InChI=1S/C28H29FN4O3/c1-17(2)36-21-11-8-18(9-12-21)19-10-13-25(23(29)14-19)32-28(35)33-26(27(34)30-3)15-20-16-31-24-7-5-4-6-22(20)24/h4-14,16-17,26,31H,15H2,1-3H3,(H,30,34)(H2,32,33,35)/t26-/m0/s1. The second-order valence-corrected chi connectivity index (χ2v) is 8.71. The van der Waals surface area contributed by atoms with E-state index >= 15 is 0 Å². The number of carbonyl (C=O) groups excluding carboxylic acids is 2. The van der Waals surface area contributed by atoms with Crippen LogP contribution in [0.2, 0.25) is 0 Å². The molecule has 8 heteroatoms. The first kappa shape index (κ1) is 24.8. The molecule has 1 heterocycles. The zero-order valence-electron chi connectivity index (χ0n) is 20.4.